The highest BCUT2D eigenvalue weighted by atomic mass is 35.5. The van der Waals surface area contributed by atoms with E-state index in [1.54, 1.807) is 0 Å². The van der Waals surface area contributed by atoms with E-state index in [-0.39, 0.29) is 25.0 Å². The first kappa shape index (κ1) is 15.9. The molecular formula is C9H20ClN3O. The number of carbonyl (C=O) groups excluding carboxylic acids is 1. The Hall–Kier alpha value is -0.580. The predicted molar refractivity (Wildman–Crippen MR) is 61.4 cm³/mol. The number of carbonyl (C=O) groups is 1. The monoisotopic (exact) mass is 221 g/mol. The van der Waals surface area contributed by atoms with E-state index in [2.05, 4.69) is 10.2 Å². The molecule has 0 fully saturated rings. The van der Waals surface area contributed by atoms with Crippen LogP contribution in [0.25, 0.3) is 0 Å². The van der Waals surface area contributed by atoms with Crippen molar-refractivity contribution < 1.29 is 4.79 Å². The van der Waals surface area contributed by atoms with Crippen molar-refractivity contribution in [3.63, 3.8) is 0 Å². The summed E-state index contributed by atoms with van der Waals surface area (Å²) in [6.07, 6.45) is 5.40. The van der Waals surface area contributed by atoms with Crippen molar-refractivity contribution >= 4 is 18.3 Å². The number of rotatable bonds is 6. The number of nitrogens with zero attached hydrogens (tertiary/aromatic N) is 1. The second-order valence-electron chi connectivity index (χ2n) is 3.09. The minimum Gasteiger partial charge on any atom is -0.340 e. The van der Waals surface area contributed by atoms with Crippen LogP contribution in [0.2, 0.25) is 0 Å². The molecule has 0 atom stereocenters. The lowest BCUT2D eigenvalue weighted by atomic mass is 10.3. The lowest BCUT2D eigenvalue weighted by Gasteiger charge is -2.06. The molecule has 0 heterocycles. The molecule has 0 aromatic heterocycles. The fourth-order valence-corrected chi connectivity index (χ4v) is 0.875. The molecule has 1 amide bonds. The number of unbranched alkanes of at least 4 members (excludes halogenated alkanes) is 1. The van der Waals surface area contributed by atoms with Gasteiger partial charge in [-0.1, -0.05) is 6.08 Å². The maximum Gasteiger partial charge on any atom is 0.244 e. The number of amides is 1. The molecule has 0 aliphatic rings. The highest BCUT2D eigenvalue weighted by Gasteiger charge is 1.90. The van der Waals surface area contributed by atoms with Crippen molar-refractivity contribution in [3.8, 4) is 0 Å². The smallest absolute Gasteiger partial charge is 0.244 e. The van der Waals surface area contributed by atoms with Crippen LogP contribution in [0.4, 0.5) is 0 Å². The van der Waals surface area contributed by atoms with E-state index < -0.39 is 0 Å². The fraction of sp³-hybridized carbons (Fsp3) is 0.667. The zero-order valence-electron chi connectivity index (χ0n) is 8.82. The van der Waals surface area contributed by atoms with E-state index >= 15 is 0 Å². The summed E-state index contributed by atoms with van der Waals surface area (Å²) in [5.74, 6) is -0.118. The van der Waals surface area contributed by atoms with Gasteiger partial charge in [0.25, 0.3) is 0 Å². The normalized spacial score (nSPS) is 10.3. The Bertz CT molecular complexity index is 171. The molecule has 0 bridgehead atoms. The highest BCUT2D eigenvalue weighted by Crippen LogP contribution is 1.91. The van der Waals surface area contributed by atoms with Crippen LogP contribution >= 0.6 is 12.4 Å². The van der Waals surface area contributed by atoms with E-state index in [0.717, 1.165) is 19.4 Å². The van der Waals surface area contributed by atoms with Crippen molar-refractivity contribution in [3.05, 3.63) is 12.2 Å². The number of nitrogens with one attached hydrogen (secondary N) is 1. The first-order chi connectivity index (χ1) is 6.16. The summed E-state index contributed by atoms with van der Waals surface area (Å²) in [5.41, 5.74) is 5.13. The molecule has 0 unspecified atom stereocenters. The van der Waals surface area contributed by atoms with E-state index in [4.69, 9.17) is 5.73 Å². The lowest BCUT2D eigenvalue weighted by molar-refractivity contribution is -0.116. The Labute approximate surface area is 91.9 Å². The minimum atomic E-state index is -0.118. The van der Waals surface area contributed by atoms with Gasteiger partial charge in [0, 0.05) is 0 Å². The zero-order valence-corrected chi connectivity index (χ0v) is 9.64. The Balaban J connectivity index is 0. The highest BCUT2D eigenvalue weighted by molar-refractivity contribution is 5.87. The summed E-state index contributed by atoms with van der Waals surface area (Å²) in [5, 5.41) is 2.49. The van der Waals surface area contributed by atoms with Crippen molar-refractivity contribution in [2.75, 3.05) is 27.3 Å². The molecule has 5 heteroatoms. The SMILES string of the molecule is CN(C)CCCC=CC(=O)NCN.Cl. The van der Waals surface area contributed by atoms with Crippen LogP contribution in [0.3, 0.4) is 0 Å². The molecule has 3 N–H and O–H groups in total. The van der Waals surface area contributed by atoms with Crippen LogP contribution in [-0.4, -0.2) is 38.1 Å². The number of nitrogens with two attached hydrogens (primary N) is 1. The summed E-state index contributed by atoms with van der Waals surface area (Å²) in [6.45, 7) is 1.24. The summed E-state index contributed by atoms with van der Waals surface area (Å²) in [4.78, 5) is 13.0. The maximum atomic E-state index is 10.9. The van der Waals surface area contributed by atoms with Gasteiger partial charge in [0.2, 0.25) is 5.91 Å². The van der Waals surface area contributed by atoms with Crippen LogP contribution in [-0.2, 0) is 4.79 Å². The number of allylic oxidation sites excluding steroid dienone is 1. The quantitative estimate of drug-likeness (QED) is 0.386. The zero-order chi connectivity index (χ0) is 10.1. The van der Waals surface area contributed by atoms with Gasteiger partial charge in [0.1, 0.15) is 0 Å². The first-order valence-corrected chi connectivity index (χ1v) is 4.46. The van der Waals surface area contributed by atoms with Gasteiger partial charge < -0.3 is 16.0 Å². The van der Waals surface area contributed by atoms with Gasteiger partial charge in [-0.2, -0.15) is 0 Å². The molecule has 14 heavy (non-hydrogen) atoms. The van der Waals surface area contributed by atoms with Gasteiger partial charge in [0.15, 0.2) is 0 Å². The molecule has 0 spiro atoms. The van der Waals surface area contributed by atoms with E-state index in [0.29, 0.717) is 0 Å². The van der Waals surface area contributed by atoms with E-state index in [9.17, 15) is 4.79 Å². The average Bonchev–Trinajstić information content (AvgIpc) is 2.03. The van der Waals surface area contributed by atoms with Gasteiger partial charge in [0.05, 0.1) is 6.67 Å². The Morgan fingerprint density at radius 3 is 2.64 bits per heavy atom. The summed E-state index contributed by atoms with van der Waals surface area (Å²) >= 11 is 0. The molecule has 0 aromatic carbocycles. The van der Waals surface area contributed by atoms with Gasteiger partial charge in [-0.05, 0) is 39.6 Å². The van der Waals surface area contributed by atoms with Gasteiger partial charge >= 0.3 is 0 Å². The summed E-state index contributed by atoms with van der Waals surface area (Å²) < 4.78 is 0. The minimum absolute atomic E-state index is 0. The molecule has 84 valence electrons. The molecule has 0 aromatic rings. The molecule has 0 aliphatic carbocycles. The summed E-state index contributed by atoms with van der Waals surface area (Å²) in [6, 6.07) is 0. The lowest BCUT2D eigenvalue weighted by Crippen LogP contribution is -2.27. The largest absolute Gasteiger partial charge is 0.340 e. The Morgan fingerprint density at radius 1 is 1.50 bits per heavy atom. The average molecular weight is 222 g/mol. The second-order valence-corrected chi connectivity index (χ2v) is 3.09. The first-order valence-electron chi connectivity index (χ1n) is 4.46. The van der Waals surface area contributed by atoms with Gasteiger partial charge in [-0.3, -0.25) is 4.79 Å². The standard InChI is InChI=1S/C9H19N3O.ClH/c1-12(2)7-5-3-4-6-9(13)11-8-10;/h4,6H,3,5,7-8,10H2,1-2H3,(H,11,13);1H. The van der Waals surface area contributed by atoms with Crippen LogP contribution in [0.15, 0.2) is 12.2 Å². The molecule has 0 rings (SSSR count). The molecular weight excluding hydrogens is 202 g/mol. The molecule has 0 aliphatic heterocycles. The predicted octanol–water partition coefficient (Wildman–Crippen LogP) is 0.339. The molecule has 0 radical (unpaired) electrons. The summed E-state index contributed by atoms with van der Waals surface area (Å²) in [7, 11) is 4.07. The van der Waals surface area contributed by atoms with Crippen molar-refractivity contribution in [2.45, 2.75) is 12.8 Å². The van der Waals surface area contributed by atoms with Gasteiger partial charge in [-0.25, -0.2) is 0 Å². The van der Waals surface area contributed by atoms with Crippen LogP contribution < -0.4 is 11.1 Å². The van der Waals surface area contributed by atoms with Crippen molar-refractivity contribution in [1.29, 1.82) is 0 Å². The third-order valence-corrected chi connectivity index (χ3v) is 1.52. The number of hydrogen-bond donors (Lipinski definition) is 2. The van der Waals surface area contributed by atoms with Gasteiger partial charge in [-0.15, -0.1) is 12.4 Å². The Morgan fingerprint density at radius 2 is 2.14 bits per heavy atom. The number of hydrogen-bond acceptors (Lipinski definition) is 3. The third-order valence-electron chi connectivity index (χ3n) is 1.52. The molecule has 0 saturated heterocycles. The second kappa shape index (κ2) is 10.5. The van der Waals surface area contributed by atoms with Crippen molar-refractivity contribution in [2.24, 2.45) is 5.73 Å². The fourth-order valence-electron chi connectivity index (χ4n) is 0.875. The third kappa shape index (κ3) is 11.4. The van der Waals surface area contributed by atoms with Crippen LogP contribution in [0, 0.1) is 0 Å². The van der Waals surface area contributed by atoms with Crippen LogP contribution in [0.5, 0.6) is 0 Å². The number of halogens is 1. The van der Waals surface area contributed by atoms with Crippen molar-refractivity contribution in [1.82, 2.24) is 10.2 Å². The Kier molecular flexibility index (Phi) is 11.9. The molecule has 0 saturated carbocycles. The molecule has 4 nitrogen and oxygen atoms in total. The van der Waals surface area contributed by atoms with Crippen LogP contribution in [0.1, 0.15) is 12.8 Å². The maximum absolute atomic E-state index is 10.9. The van der Waals surface area contributed by atoms with E-state index in [1.807, 2.05) is 20.2 Å². The topological polar surface area (TPSA) is 58.4 Å². The van der Waals surface area contributed by atoms with E-state index in [1.165, 1.54) is 6.08 Å².